The van der Waals surface area contributed by atoms with Crippen LogP contribution in [0.3, 0.4) is 0 Å². The molecule has 1 aliphatic rings. The summed E-state index contributed by atoms with van der Waals surface area (Å²) in [5.41, 5.74) is 1.10. The smallest absolute Gasteiger partial charge is 0.325 e. The van der Waals surface area contributed by atoms with Gasteiger partial charge in [-0.05, 0) is 30.5 Å². The summed E-state index contributed by atoms with van der Waals surface area (Å²) in [6.07, 6.45) is 1.18. The monoisotopic (exact) mass is 405 g/mol. The highest BCUT2D eigenvalue weighted by Crippen LogP contribution is 2.22. The van der Waals surface area contributed by atoms with Crippen molar-refractivity contribution in [2.45, 2.75) is 25.4 Å². The van der Waals surface area contributed by atoms with Gasteiger partial charge in [-0.25, -0.2) is 4.79 Å². The number of nitrogens with zero attached hydrogens (tertiary/aromatic N) is 2. The summed E-state index contributed by atoms with van der Waals surface area (Å²) in [5.74, 6) is -0.649. The molecule has 1 aliphatic heterocycles. The van der Waals surface area contributed by atoms with Gasteiger partial charge in [0, 0.05) is 11.9 Å². The quantitative estimate of drug-likeness (QED) is 0.720. The van der Waals surface area contributed by atoms with E-state index in [-0.39, 0.29) is 18.4 Å². The maximum absolute atomic E-state index is 12.5. The van der Waals surface area contributed by atoms with Crippen molar-refractivity contribution in [3.63, 3.8) is 0 Å². The van der Waals surface area contributed by atoms with Crippen molar-refractivity contribution in [2.75, 3.05) is 13.6 Å². The fourth-order valence-electron chi connectivity index (χ4n) is 2.89. The summed E-state index contributed by atoms with van der Waals surface area (Å²) in [4.78, 5) is 40.5. The van der Waals surface area contributed by atoms with Crippen molar-refractivity contribution in [1.29, 1.82) is 0 Å². The van der Waals surface area contributed by atoms with Gasteiger partial charge in [-0.1, -0.05) is 41.9 Å². The third kappa shape index (κ3) is 4.87. The molecule has 0 aliphatic carbocycles. The van der Waals surface area contributed by atoms with Crippen LogP contribution < -0.4 is 5.32 Å². The van der Waals surface area contributed by atoms with Crippen molar-refractivity contribution in [1.82, 2.24) is 15.1 Å². The number of carbonyl (C=O) groups excluding carboxylic acids is 3. The molecule has 8 heteroatoms. The van der Waals surface area contributed by atoms with E-state index in [0.29, 0.717) is 23.7 Å². The Hall–Kier alpha value is -2.38. The van der Waals surface area contributed by atoms with Gasteiger partial charge in [-0.3, -0.25) is 14.5 Å². The van der Waals surface area contributed by atoms with Gasteiger partial charge in [0.1, 0.15) is 12.6 Å². The molecule has 2 heterocycles. The second-order valence-electron chi connectivity index (χ2n) is 6.41. The van der Waals surface area contributed by atoms with E-state index in [2.05, 4.69) is 5.32 Å². The van der Waals surface area contributed by atoms with E-state index < -0.39 is 12.1 Å². The van der Waals surface area contributed by atoms with Gasteiger partial charge in [-0.15, -0.1) is 11.3 Å². The topological polar surface area (TPSA) is 69.7 Å². The molecule has 4 amide bonds. The molecule has 1 aromatic carbocycles. The molecular formula is C19H20ClN3O3S. The number of benzene rings is 1. The highest BCUT2D eigenvalue weighted by molar-refractivity contribution is 7.16. The number of imide groups is 1. The van der Waals surface area contributed by atoms with Crippen LogP contribution in [0.25, 0.3) is 0 Å². The fourth-order valence-corrected chi connectivity index (χ4v) is 4.03. The van der Waals surface area contributed by atoms with Crippen LogP contribution in [0, 0.1) is 0 Å². The van der Waals surface area contributed by atoms with Crippen LogP contribution in [0.2, 0.25) is 4.34 Å². The minimum atomic E-state index is -0.591. The van der Waals surface area contributed by atoms with E-state index in [4.69, 9.17) is 11.6 Å². The zero-order valence-corrected chi connectivity index (χ0v) is 16.4. The van der Waals surface area contributed by atoms with Crippen molar-refractivity contribution < 1.29 is 14.4 Å². The number of rotatable bonds is 7. The summed E-state index contributed by atoms with van der Waals surface area (Å²) in [6.45, 7) is 0.124. The lowest BCUT2D eigenvalue weighted by Crippen LogP contribution is -2.41. The number of halogens is 1. The maximum atomic E-state index is 12.5. The third-order valence-electron chi connectivity index (χ3n) is 4.41. The van der Waals surface area contributed by atoms with E-state index >= 15 is 0 Å². The molecule has 0 saturated carbocycles. The van der Waals surface area contributed by atoms with Gasteiger partial charge >= 0.3 is 6.03 Å². The number of hydrogen-bond acceptors (Lipinski definition) is 4. The highest BCUT2D eigenvalue weighted by Gasteiger charge is 2.38. The number of nitrogens with one attached hydrogen (secondary N) is 1. The number of amides is 4. The van der Waals surface area contributed by atoms with Crippen LogP contribution in [-0.4, -0.2) is 47.3 Å². The minimum absolute atomic E-state index is 0.262. The van der Waals surface area contributed by atoms with Crippen LogP contribution in [-0.2, 0) is 22.6 Å². The zero-order valence-electron chi connectivity index (χ0n) is 14.9. The number of carbonyl (C=O) groups is 3. The molecular weight excluding hydrogens is 386 g/mol. The molecule has 1 atom stereocenters. The van der Waals surface area contributed by atoms with Gasteiger partial charge in [0.2, 0.25) is 5.91 Å². The van der Waals surface area contributed by atoms with Gasteiger partial charge in [0.15, 0.2) is 0 Å². The van der Waals surface area contributed by atoms with E-state index in [9.17, 15) is 14.4 Å². The molecule has 2 aromatic rings. The highest BCUT2D eigenvalue weighted by atomic mass is 35.5. The van der Waals surface area contributed by atoms with Crippen LogP contribution in [0.5, 0.6) is 0 Å². The molecule has 0 radical (unpaired) electrons. The predicted molar refractivity (Wildman–Crippen MR) is 105 cm³/mol. The average molecular weight is 406 g/mol. The molecule has 1 saturated heterocycles. The SMILES string of the molecule is CN(Cc1ccc(Cl)s1)C(=O)CN1C(=O)NC(CCc2ccccc2)C1=O. The Labute approximate surface area is 166 Å². The number of likely N-dealkylation sites (N-methyl/N-ethyl adjacent to an activating group) is 1. The minimum Gasteiger partial charge on any atom is -0.339 e. The Balaban J connectivity index is 1.54. The molecule has 1 unspecified atom stereocenters. The van der Waals surface area contributed by atoms with Crippen LogP contribution in [0.15, 0.2) is 42.5 Å². The van der Waals surface area contributed by atoms with Crippen LogP contribution in [0.4, 0.5) is 4.79 Å². The lowest BCUT2D eigenvalue weighted by atomic mass is 10.1. The molecule has 0 spiro atoms. The molecule has 3 rings (SSSR count). The average Bonchev–Trinajstić information content (AvgIpc) is 3.18. The van der Waals surface area contributed by atoms with Crippen molar-refractivity contribution in [2.24, 2.45) is 0 Å². The first-order valence-corrected chi connectivity index (χ1v) is 9.77. The largest absolute Gasteiger partial charge is 0.339 e. The summed E-state index contributed by atoms with van der Waals surface area (Å²) < 4.78 is 0.654. The van der Waals surface area contributed by atoms with Crippen LogP contribution >= 0.6 is 22.9 Å². The fraction of sp³-hybridized carbons (Fsp3) is 0.316. The number of thiophene rings is 1. The first kappa shape index (κ1) is 19.4. The van der Waals surface area contributed by atoms with Gasteiger partial charge in [-0.2, -0.15) is 0 Å². The van der Waals surface area contributed by atoms with Crippen molar-refractivity contribution in [3.05, 3.63) is 57.2 Å². The molecule has 27 heavy (non-hydrogen) atoms. The number of aryl methyl sites for hydroxylation is 1. The standard InChI is InChI=1S/C19H20ClN3O3S/c1-22(11-14-8-10-16(20)27-14)17(24)12-23-18(25)15(21-19(23)26)9-7-13-5-3-2-4-6-13/h2-6,8,10,15H,7,9,11-12H2,1H3,(H,21,26). The number of hydrogen-bond donors (Lipinski definition) is 1. The summed E-state index contributed by atoms with van der Waals surface area (Å²) in [5, 5.41) is 2.67. The zero-order chi connectivity index (χ0) is 19.4. The normalized spacial score (nSPS) is 16.5. The van der Waals surface area contributed by atoms with Gasteiger partial charge in [0.05, 0.1) is 10.9 Å². The Bertz CT molecular complexity index is 840. The maximum Gasteiger partial charge on any atom is 0.325 e. The second kappa shape index (κ2) is 8.54. The first-order chi connectivity index (χ1) is 12.9. The summed E-state index contributed by atoms with van der Waals surface area (Å²) >= 11 is 7.29. The lowest BCUT2D eigenvalue weighted by molar-refractivity contribution is -0.136. The summed E-state index contributed by atoms with van der Waals surface area (Å²) in [7, 11) is 1.64. The Morgan fingerprint density at radius 1 is 1.22 bits per heavy atom. The molecule has 0 bridgehead atoms. The number of urea groups is 1. The van der Waals surface area contributed by atoms with Crippen LogP contribution in [0.1, 0.15) is 16.9 Å². The predicted octanol–water partition coefficient (Wildman–Crippen LogP) is 2.91. The Kier molecular flexibility index (Phi) is 6.13. The lowest BCUT2D eigenvalue weighted by Gasteiger charge is -2.19. The Morgan fingerprint density at radius 3 is 2.63 bits per heavy atom. The third-order valence-corrected chi connectivity index (χ3v) is 5.63. The molecule has 1 N–H and O–H groups in total. The van der Waals surface area contributed by atoms with E-state index in [1.54, 1.807) is 13.1 Å². The summed E-state index contributed by atoms with van der Waals surface area (Å²) in [6, 6.07) is 12.3. The molecule has 142 valence electrons. The first-order valence-electron chi connectivity index (χ1n) is 8.58. The molecule has 1 fully saturated rings. The van der Waals surface area contributed by atoms with Crippen molar-refractivity contribution in [3.8, 4) is 0 Å². The Morgan fingerprint density at radius 2 is 1.96 bits per heavy atom. The van der Waals surface area contributed by atoms with Gasteiger partial charge in [0.25, 0.3) is 5.91 Å². The van der Waals surface area contributed by atoms with E-state index in [1.165, 1.54) is 16.2 Å². The molecule has 1 aromatic heterocycles. The second-order valence-corrected chi connectivity index (χ2v) is 8.21. The van der Waals surface area contributed by atoms with E-state index in [0.717, 1.165) is 15.3 Å². The molecule has 6 nitrogen and oxygen atoms in total. The van der Waals surface area contributed by atoms with Gasteiger partial charge < -0.3 is 10.2 Å². The van der Waals surface area contributed by atoms with Crippen molar-refractivity contribution >= 4 is 40.8 Å². The van der Waals surface area contributed by atoms with E-state index in [1.807, 2.05) is 36.4 Å².